The SMILES string of the molecule is COc1nc(Cl)cc2c1[C@]1(O)[C@H](O)[C@@H]3CN(C)c4cccc(c4)[C@H]3[C@]1(c1ccc(Cl)cc1)O2. The molecule has 3 aliphatic rings. The summed E-state index contributed by atoms with van der Waals surface area (Å²) in [5, 5.41) is 25.2. The van der Waals surface area contributed by atoms with Gasteiger partial charge in [-0.3, -0.25) is 0 Å². The summed E-state index contributed by atoms with van der Waals surface area (Å²) in [4.78, 5) is 6.37. The molecule has 0 saturated heterocycles. The lowest BCUT2D eigenvalue weighted by Gasteiger charge is -2.40. The Morgan fingerprint density at radius 1 is 1.15 bits per heavy atom. The number of aromatic nitrogens is 1. The number of rotatable bonds is 2. The lowest BCUT2D eigenvalue weighted by atomic mass is 9.71. The summed E-state index contributed by atoms with van der Waals surface area (Å²) in [6.07, 6.45) is -1.17. The van der Waals surface area contributed by atoms with Gasteiger partial charge in [0.15, 0.2) is 11.2 Å². The third-order valence-electron chi connectivity index (χ3n) is 7.46. The van der Waals surface area contributed by atoms with Gasteiger partial charge < -0.3 is 24.6 Å². The van der Waals surface area contributed by atoms with Gasteiger partial charge in [-0.05, 0) is 35.4 Å². The van der Waals surface area contributed by atoms with Gasteiger partial charge in [-0.2, -0.15) is 0 Å². The van der Waals surface area contributed by atoms with E-state index in [4.69, 9.17) is 32.7 Å². The summed E-state index contributed by atoms with van der Waals surface area (Å²) in [5.41, 5.74) is -0.177. The monoisotopic (exact) mass is 484 g/mol. The number of fused-ring (bicyclic) bond motifs is 8. The quantitative estimate of drug-likeness (QED) is 0.533. The smallest absolute Gasteiger partial charge is 0.224 e. The average Bonchev–Trinajstić information content (AvgIpc) is 3.12. The summed E-state index contributed by atoms with van der Waals surface area (Å²) in [6, 6.07) is 16.9. The van der Waals surface area contributed by atoms with Crippen molar-refractivity contribution in [3.8, 4) is 11.6 Å². The van der Waals surface area contributed by atoms with Crippen LogP contribution in [0.2, 0.25) is 10.2 Å². The van der Waals surface area contributed by atoms with Crippen LogP contribution in [-0.4, -0.2) is 42.0 Å². The van der Waals surface area contributed by atoms with Crippen LogP contribution in [0, 0.1) is 5.92 Å². The Labute approximate surface area is 201 Å². The molecule has 3 aromatic rings. The maximum absolute atomic E-state index is 12.6. The number of pyridine rings is 1. The van der Waals surface area contributed by atoms with E-state index in [-0.39, 0.29) is 22.9 Å². The zero-order chi connectivity index (χ0) is 23.1. The fourth-order valence-corrected chi connectivity index (χ4v) is 6.47. The van der Waals surface area contributed by atoms with Crippen molar-refractivity contribution in [2.24, 2.45) is 5.92 Å². The summed E-state index contributed by atoms with van der Waals surface area (Å²) in [5.74, 6) is -0.243. The fourth-order valence-electron chi connectivity index (χ4n) is 6.17. The molecule has 6 nitrogen and oxygen atoms in total. The van der Waals surface area contributed by atoms with Gasteiger partial charge in [-0.1, -0.05) is 47.5 Å². The highest BCUT2D eigenvalue weighted by Gasteiger charge is 2.77. The van der Waals surface area contributed by atoms with E-state index in [1.807, 2.05) is 37.4 Å². The first-order valence-corrected chi connectivity index (χ1v) is 11.5. The van der Waals surface area contributed by atoms with Crippen LogP contribution in [0.5, 0.6) is 11.6 Å². The number of anilines is 1. The molecular weight excluding hydrogens is 463 g/mol. The molecule has 1 saturated carbocycles. The van der Waals surface area contributed by atoms with Crippen molar-refractivity contribution in [2.45, 2.75) is 23.2 Å². The van der Waals surface area contributed by atoms with Crippen LogP contribution >= 0.6 is 23.2 Å². The third-order valence-corrected chi connectivity index (χ3v) is 7.90. The van der Waals surface area contributed by atoms with Gasteiger partial charge in [0.25, 0.3) is 0 Å². The van der Waals surface area contributed by atoms with Gasteiger partial charge in [0.1, 0.15) is 10.9 Å². The zero-order valence-corrected chi connectivity index (χ0v) is 19.5. The van der Waals surface area contributed by atoms with Crippen LogP contribution in [-0.2, 0) is 11.2 Å². The molecule has 2 N–H and O–H groups in total. The number of benzene rings is 2. The van der Waals surface area contributed by atoms with E-state index in [9.17, 15) is 10.2 Å². The maximum Gasteiger partial charge on any atom is 0.224 e. The molecule has 8 heteroatoms. The van der Waals surface area contributed by atoms with Crippen molar-refractivity contribution in [2.75, 3.05) is 25.6 Å². The van der Waals surface area contributed by atoms with Crippen molar-refractivity contribution in [3.05, 3.63) is 81.5 Å². The number of hydrogen-bond donors (Lipinski definition) is 2. The first-order valence-electron chi connectivity index (χ1n) is 10.7. The highest BCUT2D eigenvalue weighted by Crippen LogP contribution is 2.70. The van der Waals surface area contributed by atoms with Gasteiger partial charge in [0.2, 0.25) is 5.88 Å². The number of methoxy groups -OCH3 is 1. The number of halogens is 2. The van der Waals surface area contributed by atoms with Crippen molar-refractivity contribution >= 4 is 28.9 Å². The minimum Gasteiger partial charge on any atom is -0.481 e. The van der Waals surface area contributed by atoms with E-state index in [1.54, 1.807) is 18.2 Å². The normalized spacial score (nSPS) is 31.3. The van der Waals surface area contributed by atoms with Crippen LogP contribution in [0.3, 0.4) is 0 Å². The van der Waals surface area contributed by atoms with Gasteiger partial charge in [0, 0.05) is 42.2 Å². The molecule has 2 aromatic carbocycles. The van der Waals surface area contributed by atoms with E-state index in [0.717, 1.165) is 11.3 Å². The molecule has 3 heterocycles. The topological polar surface area (TPSA) is 75.0 Å². The highest BCUT2D eigenvalue weighted by molar-refractivity contribution is 6.30. The summed E-state index contributed by atoms with van der Waals surface area (Å²) in [7, 11) is 3.44. The molecule has 0 spiro atoms. The first-order chi connectivity index (χ1) is 15.8. The van der Waals surface area contributed by atoms with E-state index in [1.165, 1.54) is 7.11 Å². The van der Waals surface area contributed by atoms with Crippen LogP contribution in [0.25, 0.3) is 0 Å². The molecule has 1 aromatic heterocycles. The largest absolute Gasteiger partial charge is 0.481 e. The lowest BCUT2D eigenvalue weighted by Crippen LogP contribution is -2.52. The summed E-state index contributed by atoms with van der Waals surface area (Å²) >= 11 is 12.5. The molecule has 5 atom stereocenters. The number of ether oxygens (including phenoxy) is 2. The Kier molecular flexibility index (Phi) is 4.46. The predicted molar refractivity (Wildman–Crippen MR) is 125 cm³/mol. The molecule has 0 radical (unpaired) electrons. The first kappa shape index (κ1) is 21.1. The Balaban J connectivity index is 1.70. The number of hydrogen-bond acceptors (Lipinski definition) is 6. The number of aliphatic hydroxyl groups is 2. The van der Waals surface area contributed by atoms with Crippen LogP contribution < -0.4 is 14.4 Å². The Morgan fingerprint density at radius 3 is 2.64 bits per heavy atom. The summed E-state index contributed by atoms with van der Waals surface area (Å²) in [6.45, 7) is 0.527. The molecule has 1 aliphatic carbocycles. The van der Waals surface area contributed by atoms with E-state index in [0.29, 0.717) is 28.4 Å². The van der Waals surface area contributed by atoms with Gasteiger partial charge in [-0.15, -0.1) is 0 Å². The zero-order valence-electron chi connectivity index (χ0n) is 18.0. The standard InChI is InChI=1S/C25H22Cl2N2O4/c1-29-12-17-20(13-4-3-5-16(29)10-13)25(14-6-8-15(26)9-7-14)24(31,22(17)30)21-18(33-25)11-19(27)28-23(21)32-2/h3-11,17,20,22,30-31H,12H2,1-2H3/t17-,20-,22-,24+,25+/m1/s1. The van der Waals surface area contributed by atoms with Gasteiger partial charge >= 0.3 is 0 Å². The average molecular weight is 485 g/mol. The minimum atomic E-state index is -1.84. The maximum atomic E-state index is 12.6. The van der Waals surface area contributed by atoms with Crippen molar-refractivity contribution in [1.82, 2.24) is 4.98 Å². The minimum absolute atomic E-state index is 0.133. The van der Waals surface area contributed by atoms with E-state index >= 15 is 0 Å². The van der Waals surface area contributed by atoms with Crippen molar-refractivity contribution < 1.29 is 19.7 Å². The predicted octanol–water partition coefficient (Wildman–Crippen LogP) is 4.10. The van der Waals surface area contributed by atoms with Crippen LogP contribution in [0.4, 0.5) is 5.69 Å². The molecule has 2 aliphatic heterocycles. The molecule has 2 bridgehead atoms. The molecule has 0 unspecified atom stereocenters. The molecule has 6 rings (SSSR count). The lowest BCUT2D eigenvalue weighted by molar-refractivity contribution is -0.152. The Bertz CT molecular complexity index is 1270. The third kappa shape index (κ3) is 2.55. The highest BCUT2D eigenvalue weighted by atomic mass is 35.5. The van der Waals surface area contributed by atoms with E-state index in [2.05, 4.69) is 16.0 Å². The second-order valence-corrected chi connectivity index (χ2v) is 9.82. The second kappa shape index (κ2) is 7.00. The number of aliphatic hydroxyl groups excluding tert-OH is 1. The molecule has 170 valence electrons. The van der Waals surface area contributed by atoms with Crippen LogP contribution in [0.15, 0.2) is 54.6 Å². The molecular formula is C25H22Cl2N2O4. The van der Waals surface area contributed by atoms with Crippen LogP contribution in [0.1, 0.15) is 22.6 Å². The van der Waals surface area contributed by atoms with Crippen molar-refractivity contribution in [3.63, 3.8) is 0 Å². The molecule has 0 amide bonds. The fraction of sp³-hybridized carbons (Fsp3) is 0.320. The Hall–Kier alpha value is -2.51. The number of nitrogens with zero attached hydrogens (tertiary/aromatic N) is 2. The van der Waals surface area contributed by atoms with Gasteiger partial charge in [0.05, 0.1) is 18.8 Å². The van der Waals surface area contributed by atoms with Gasteiger partial charge in [-0.25, -0.2) is 4.98 Å². The molecule has 1 fully saturated rings. The van der Waals surface area contributed by atoms with E-state index < -0.39 is 17.3 Å². The summed E-state index contributed by atoms with van der Waals surface area (Å²) < 4.78 is 12.2. The Morgan fingerprint density at radius 2 is 1.91 bits per heavy atom. The molecule has 33 heavy (non-hydrogen) atoms. The second-order valence-electron chi connectivity index (χ2n) is 9.00. The van der Waals surface area contributed by atoms with Crippen molar-refractivity contribution in [1.29, 1.82) is 0 Å².